The van der Waals surface area contributed by atoms with E-state index in [9.17, 15) is 9.59 Å². The van der Waals surface area contributed by atoms with Crippen LogP contribution in [0, 0.1) is 0 Å². The molecule has 0 bridgehead atoms. The van der Waals surface area contributed by atoms with Gasteiger partial charge >= 0.3 is 5.97 Å². The number of carbonyl (C=O) groups is 2. The van der Waals surface area contributed by atoms with Gasteiger partial charge in [-0.3, -0.25) is 9.59 Å². The highest BCUT2D eigenvalue weighted by molar-refractivity contribution is 5.85. The largest absolute Gasteiger partial charge is 0.466 e. The van der Waals surface area contributed by atoms with E-state index in [1.54, 1.807) is 11.8 Å². The molecule has 0 spiro atoms. The molecule has 5 nitrogen and oxygen atoms in total. The summed E-state index contributed by atoms with van der Waals surface area (Å²) in [6, 6.07) is 0.217. The molecule has 1 aliphatic heterocycles. The summed E-state index contributed by atoms with van der Waals surface area (Å²) in [6.45, 7) is 3.54. The zero-order valence-corrected chi connectivity index (χ0v) is 12.2. The molecule has 0 saturated carbocycles. The quantitative estimate of drug-likeness (QED) is 0.790. The summed E-state index contributed by atoms with van der Waals surface area (Å²) in [7, 11) is 0. The Morgan fingerprint density at radius 1 is 1.22 bits per heavy atom. The monoisotopic (exact) mass is 300 g/mol. The van der Waals surface area contributed by atoms with Crippen molar-refractivity contribution in [3.8, 4) is 0 Å². The van der Waals surface area contributed by atoms with Gasteiger partial charge in [0.1, 0.15) is 0 Å². The highest BCUT2D eigenvalue weighted by Crippen LogP contribution is 2.10. The van der Waals surface area contributed by atoms with Gasteiger partial charge in [0.25, 0.3) is 0 Å². The highest BCUT2D eigenvalue weighted by Gasteiger charge is 2.20. The first kappa shape index (κ1) is 19.8. The van der Waals surface area contributed by atoms with Gasteiger partial charge in [-0.05, 0) is 19.8 Å². The maximum absolute atomic E-state index is 11.7. The number of esters is 1. The first-order valence-electron chi connectivity index (χ1n) is 5.82. The summed E-state index contributed by atoms with van der Waals surface area (Å²) in [5.74, 6) is -0.274. The standard InChI is InChI=1S/C11H20N2O3.2ClH/c1-2-16-11(15)4-3-10(14)13-7-5-9(12)6-8-13;;/h9H,2-8,12H2,1H3;2*1H. The Kier molecular flexibility index (Phi) is 11.5. The number of piperidine rings is 1. The lowest BCUT2D eigenvalue weighted by molar-refractivity contribution is -0.145. The summed E-state index contributed by atoms with van der Waals surface area (Å²) >= 11 is 0. The summed E-state index contributed by atoms with van der Waals surface area (Å²) in [4.78, 5) is 24.5. The zero-order valence-electron chi connectivity index (χ0n) is 10.6. The average Bonchev–Trinajstić information content (AvgIpc) is 2.27. The van der Waals surface area contributed by atoms with E-state index in [0.717, 1.165) is 12.8 Å². The molecule has 18 heavy (non-hydrogen) atoms. The summed E-state index contributed by atoms with van der Waals surface area (Å²) in [5.41, 5.74) is 5.75. The number of hydrogen-bond donors (Lipinski definition) is 1. The van der Waals surface area contributed by atoms with Crippen molar-refractivity contribution in [2.75, 3.05) is 19.7 Å². The van der Waals surface area contributed by atoms with Gasteiger partial charge in [-0.1, -0.05) is 0 Å². The molecule has 0 radical (unpaired) electrons. The van der Waals surface area contributed by atoms with Crippen molar-refractivity contribution in [2.24, 2.45) is 5.73 Å². The van der Waals surface area contributed by atoms with Crippen molar-refractivity contribution in [1.82, 2.24) is 4.90 Å². The van der Waals surface area contributed by atoms with Crippen LogP contribution >= 0.6 is 24.8 Å². The van der Waals surface area contributed by atoms with E-state index in [1.165, 1.54) is 0 Å². The third kappa shape index (κ3) is 7.03. The Balaban J connectivity index is 0. The van der Waals surface area contributed by atoms with Gasteiger partial charge < -0.3 is 15.4 Å². The number of ether oxygens (including phenoxy) is 1. The van der Waals surface area contributed by atoms with E-state index < -0.39 is 0 Å². The minimum Gasteiger partial charge on any atom is -0.466 e. The van der Waals surface area contributed by atoms with Crippen molar-refractivity contribution in [3.63, 3.8) is 0 Å². The van der Waals surface area contributed by atoms with Crippen LogP contribution in [0.15, 0.2) is 0 Å². The Labute approximate surface area is 120 Å². The van der Waals surface area contributed by atoms with Crippen molar-refractivity contribution in [2.45, 2.75) is 38.6 Å². The molecule has 0 aromatic heterocycles. The molecule has 1 heterocycles. The third-order valence-electron chi connectivity index (χ3n) is 2.74. The van der Waals surface area contributed by atoms with Crippen molar-refractivity contribution in [1.29, 1.82) is 0 Å². The molecule has 108 valence electrons. The molecule has 0 atom stereocenters. The third-order valence-corrected chi connectivity index (χ3v) is 2.74. The fourth-order valence-corrected chi connectivity index (χ4v) is 1.75. The van der Waals surface area contributed by atoms with Gasteiger partial charge in [-0.25, -0.2) is 0 Å². The topological polar surface area (TPSA) is 72.6 Å². The van der Waals surface area contributed by atoms with Crippen LogP contribution in [-0.4, -0.2) is 42.5 Å². The second-order valence-electron chi connectivity index (χ2n) is 4.02. The Hall–Kier alpha value is -0.520. The molecule has 0 aromatic rings. The van der Waals surface area contributed by atoms with Crippen LogP contribution in [0.3, 0.4) is 0 Å². The summed E-state index contributed by atoms with van der Waals surface area (Å²) < 4.78 is 4.77. The molecule has 0 aromatic carbocycles. The maximum atomic E-state index is 11.7. The van der Waals surface area contributed by atoms with Gasteiger partial charge in [0, 0.05) is 25.6 Å². The second-order valence-corrected chi connectivity index (χ2v) is 4.02. The molecule has 7 heteroatoms. The highest BCUT2D eigenvalue weighted by atomic mass is 35.5. The Morgan fingerprint density at radius 3 is 2.28 bits per heavy atom. The number of rotatable bonds is 4. The van der Waals surface area contributed by atoms with Gasteiger partial charge in [0.2, 0.25) is 5.91 Å². The molecule has 2 N–H and O–H groups in total. The molecule has 1 amide bonds. The minimum absolute atomic E-state index is 0. The number of carbonyl (C=O) groups excluding carboxylic acids is 2. The molecular weight excluding hydrogens is 279 g/mol. The van der Waals surface area contributed by atoms with Gasteiger partial charge in [-0.2, -0.15) is 0 Å². The van der Waals surface area contributed by atoms with Crippen LogP contribution in [0.2, 0.25) is 0 Å². The fourth-order valence-electron chi connectivity index (χ4n) is 1.75. The number of amides is 1. The Morgan fingerprint density at radius 2 is 1.78 bits per heavy atom. The lowest BCUT2D eigenvalue weighted by Gasteiger charge is -2.30. The summed E-state index contributed by atoms with van der Waals surface area (Å²) in [6.07, 6.45) is 2.12. The molecule has 0 unspecified atom stereocenters. The number of nitrogens with two attached hydrogens (primary N) is 1. The lowest BCUT2D eigenvalue weighted by atomic mass is 10.1. The van der Waals surface area contributed by atoms with E-state index in [1.807, 2.05) is 0 Å². The van der Waals surface area contributed by atoms with E-state index in [4.69, 9.17) is 10.5 Å². The number of likely N-dealkylation sites (tertiary alicyclic amines) is 1. The molecule has 1 rings (SSSR count). The van der Waals surface area contributed by atoms with Crippen LogP contribution in [-0.2, 0) is 14.3 Å². The first-order valence-corrected chi connectivity index (χ1v) is 5.82. The number of nitrogens with zero attached hydrogens (tertiary/aromatic N) is 1. The zero-order chi connectivity index (χ0) is 12.0. The van der Waals surface area contributed by atoms with E-state index in [2.05, 4.69) is 0 Å². The summed E-state index contributed by atoms with van der Waals surface area (Å²) in [5, 5.41) is 0. The Bertz CT molecular complexity index is 257. The minimum atomic E-state index is -0.301. The van der Waals surface area contributed by atoms with Crippen LogP contribution in [0.5, 0.6) is 0 Å². The van der Waals surface area contributed by atoms with Gasteiger partial charge in [0.05, 0.1) is 13.0 Å². The lowest BCUT2D eigenvalue weighted by Crippen LogP contribution is -2.42. The van der Waals surface area contributed by atoms with Crippen LogP contribution in [0.4, 0.5) is 0 Å². The predicted octanol–water partition coefficient (Wildman–Crippen LogP) is 1.12. The van der Waals surface area contributed by atoms with E-state index in [0.29, 0.717) is 19.7 Å². The first-order chi connectivity index (χ1) is 7.63. The second kappa shape index (κ2) is 10.4. The van der Waals surface area contributed by atoms with Crippen LogP contribution < -0.4 is 5.73 Å². The normalized spacial score (nSPS) is 15.3. The predicted molar refractivity (Wildman–Crippen MR) is 74.2 cm³/mol. The molecule has 1 fully saturated rings. The van der Waals surface area contributed by atoms with Crippen molar-refractivity contribution >= 4 is 36.7 Å². The van der Waals surface area contributed by atoms with Crippen LogP contribution in [0.25, 0.3) is 0 Å². The van der Waals surface area contributed by atoms with Gasteiger partial charge in [-0.15, -0.1) is 24.8 Å². The maximum Gasteiger partial charge on any atom is 0.306 e. The molecule has 1 aliphatic rings. The van der Waals surface area contributed by atoms with Crippen LogP contribution in [0.1, 0.15) is 32.6 Å². The molecular formula is C11H22Cl2N2O3. The van der Waals surface area contributed by atoms with Crippen molar-refractivity contribution < 1.29 is 14.3 Å². The van der Waals surface area contributed by atoms with E-state index >= 15 is 0 Å². The van der Waals surface area contributed by atoms with Crippen molar-refractivity contribution in [3.05, 3.63) is 0 Å². The number of halogens is 2. The molecule has 0 aliphatic carbocycles. The molecule has 1 saturated heterocycles. The SMILES string of the molecule is CCOC(=O)CCC(=O)N1CCC(N)CC1.Cl.Cl. The number of hydrogen-bond acceptors (Lipinski definition) is 4. The smallest absolute Gasteiger partial charge is 0.306 e. The van der Waals surface area contributed by atoms with Gasteiger partial charge in [0.15, 0.2) is 0 Å². The fraction of sp³-hybridized carbons (Fsp3) is 0.818. The van der Waals surface area contributed by atoms with E-state index in [-0.39, 0.29) is 55.6 Å². The average molecular weight is 301 g/mol.